The van der Waals surface area contributed by atoms with Crippen molar-refractivity contribution in [1.29, 1.82) is 0 Å². The minimum Gasteiger partial charge on any atom is -0.494 e. The predicted molar refractivity (Wildman–Crippen MR) is 73.3 cm³/mol. The van der Waals surface area contributed by atoms with Gasteiger partial charge in [0.1, 0.15) is 5.75 Å². The summed E-state index contributed by atoms with van der Waals surface area (Å²) in [5.74, 6) is 1.17. The zero-order valence-electron chi connectivity index (χ0n) is 11.6. The van der Waals surface area contributed by atoms with Crippen molar-refractivity contribution in [3.63, 3.8) is 0 Å². The molecule has 1 aromatic carbocycles. The van der Waals surface area contributed by atoms with Crippen molar-refractivity contribution in [3.8, 4) is 5.75 Å². The normalized spacial score (nSPS) is 15.4. The fourth-order valence-electron chi connectivity index (χ4n) is 2.19. The Morgan fingerprint density at radius 3 is 2.72 bits per heavy atom. The zero-order valence-corrected chi connectivity index (χ0v) is 11.6. The first-order chi connectivity index (χ1) is 8.46. The lowest BCUT2D eigenvalue weighted by Gasteiger charge is -2.19. The third-order valence-electron chi connectivity index (χ3n) is 3.35. The second kappa shape index (κ2) is 5.13. The third kappa shape index (κ3) is 3.34. The van der Waals surface area contributed by atoms with E-state index in [4.69, 9.17) is 4.74 Å². The molecule has 0 aliphatic heterocycles. The molecular weight excluding hydrogens is 224 g/mol. The van der Waals surface area contributed by atoms with E-state index in [-0.39, 0.29) is 5.78 Å². The predicted octanol–water partition coefficient (Wildman–Crippen LogP) is 4.02. The molecule has 2 rings (SSSR count). The Kier molecular flexibility index (Phi) is 3.74. The number of fused-ring (bicyclic) bond motifs is 1. The van der Waals surface area contributed by atoms with Crippen LogP contribution in [0.5, 0.6) is 5.75 Å². The topological polar surface area (TPSA) is 26.3 Å². The maximum absolute atomic E-state index is 11.7. The Morgan fingerprint density at radius 2 is 2.00 bits per heavy atom. The molecule has 0 bridgehead atoms. The number of hydrogen-bond acceptors (Lipinski definition) is 2. The largest absolute Gasteiger partial charge is 0.494 e. The van der Waals surface area contributed by atoms with Crippen molar-refractivity contribution < 1.29 is 9.53 Å². The van der Waals surface area contributed by atoms with E-state index < -0.39 is 0 Å². The van der Waals surface area contributed by atoms with Crippen LogP contribution in [-0.2, 0) is 6.42 Å². The van der Waals surface area contributed by atoms with Gasteiger partial charge in [-0.05, 0) is 48.4 Å². The summed E-state index contributed by atoms with van der Waals surface area (Å²) < 4.78 is 5.77. The molecule has 0 spiro atoms. The number of carbonyl (C=O) groups is 1. The van der Waals surface area contributed by atoms with Crippen LogP contribution in [0, 0.1) is 5.41 Å². The summed E-state index contributed by atoms with van der Waals surface area (Å²) in [6.07, 6.45) is 3.69. The van der Waals surface area contributed by atoms with Crippen LogP contribution < -0.4 is 4.74 Å². The van der Waals surface area contributed by atoms with Crippen LogP contribution in [0.3, 0.4) is 0 Å². The van der Waals surface area contributed by atoms with Crippen molar-refractivity contribution in [1.82, 2.24) is 0 Å². The molecule has 98 valence electrons. The fraction of sp³-hybridized carbons (Fsp3) is 0.562. The molecule has 0 atom stereocenters. The first kappa shape index (κ1) is 13.1. The van der Waals surface area contributed by atoms with Gasteiger partial charge in [0.15, 0.2) is 5.78 Å². The summed E-state index contributed by atoms with van der Waals surface area (Å²) >= 11 is 0. The van der Waals surface area contributed by atoms with Crippen molar-refractivity contribution in [2.24, 2.45) is 5.41 Å². The van der Waals surface area contributed by atoms with Gasteiger partial charge in [-0.2, -0.15) is 0 Å². The van der Waals surface area contributed by atoms with Crippen LogP contribution in [0.4, 0.5) is 0 Å². The van der Waals surface area contributed by atoms with E-state index in [1.807, 2.05) is 18.2 Å². The number of carbonyl (C=O) groups excluding carboxylic acids is 1. The molecule has 18 heavy (non-hydrogen) atoms. The molecule has 0 aromatic heterocycles. The third-order valence-corrected chi connectivity index (χ3v) is 3.35. The molecule has 0 fully saturated rings. The van der Waals surface area contributed by atoms with E-state index in [1.54, 1.807) is 0 Å². The Hall–Kier alpha value is -1.31. The van der Waals surface area contributed by atoms with Gasteiger partial charge in [-0.25, -0.2) is 0 Å². The smallest absolute Gasteiger partial charge is 0.163 e. The van der Waals surface area contributed by atoms with Gasteiger partial charge in [0.2, 0.25) is 0 Å². The highest BCUT2D eigenvalue weighted by Gasteiger charge is 2.17. The van der Waals surface area contributed by atoms with Crippen LogP contribution in [0.15, 0.2) is 18.2 Å². The first-order valence-corrected chi connectivity index (χ1v) is 6.75. The molecule has 0 saturated carbocycles. The summed E-state index contributed by atoms with van der Waals surface area (Å²) in [6.45, 7) is 7.36. The number of benzene rings is 1. The van der Waals surface area contributed by atoms with Gasteiger partial charge in [-0.1, -0.05) is 20.8 Å². The number of rotatable bonds is 3. The number of ether oxygens (including phenoxy) is 1. The monoisotopic (exact) mass is 246 g/mol. The summed E-state index contributed by atoms with van der Waals surface area (Å²) in [4.78, 5) is 11.7. The molecular formula is C16H22O2. The van der Waals surface area contributed by atoms with Crippen molar-refractivity contribution in [2.45, 2.75) is 46.5 Å². The van der Waals surface area contributed by atoms with E-state index in [0.29, 0.717) is 11.8 Å². The van der Waals surface area contributed by atoms with E-state index in [2.05, 4.69) is 20.8 Å². The van der Waals surface area contributed by atoms with Crippen LogP contribution in [-0.4, -0.2) is 12.4 Å². The molecule has 1 aliphatic rings. The van der Waals surface area contributed by atoms with Gasteiger partial charge < -0.3 is 4.74 Å². The SMILES string of the molecule is CC(C)(C)CCOc1ccc2c(c1)CCCC2=O. The van der Waals surface area contributed by atoms with Crippen LogP contribution in [0.1, 0.15) is 56.0 Å². The van der Waals surface area contributed by atoms with E-state index in [0.717, 1.165) is 42.7 Å². The van der Waals surface area contributed by atoms with Gasteiger partial charge in [0, 0.05) is 12.0 Å². The Morgan fingerprint density at radius 1 is 1.22 bits per heavy atom. The average Bonchev–Trinajstić information content (AvgIpc) is 2.27. The van der Waals surface area contributed by atoms with Gasteiger partial charge >= 0.3 is 0 Å². The van der Waals surface area contributed by atoms with E-state index in [1.165, 1.54) is 0 Å². The molecule has 1 aliphatic carbocycles. The minimum absolute atomic E-state index is 0.275. The van der Waals surface area contributed by atoms with Gasteiger partial charge in [-0.15, -0.1) is 0 Å². The molecule has 0 saturated heterocycles. The van der Waals surface area contributed by atoms with Gasteiger partial charge in [-0.3, -0.25) is 4.79 Å². The zero-order chi connectivity index (χ0) is 13.2. The highest BCUT2D eigenvalue weighted by molar-refractivity contribution is 5.98. The molecule has 0 N–H and O–H groups in total. The van der Waals surface area contributed by atoms with E-state index >= 15 is 0 Å². The summed E-state index contributed by atoms with van der Waals surface area (Å²) in [5.41, 5.74) is 2.34. The Bertz CT molecular complexity index is 441. The number of aryl methyl sites for hydroxylation is 1. The summed E-state index contributed by atoms with van der Waals surface area (Å²) in [6, 6.07) is 5.88. The maximum Gasteiger partial charge on any atom is 0.163 e. The molecule has 2 nitrogen and oxygen atoms in total. The lowest BCUT2D eigenvalue weighted by atomic mass is 9.90. The van der Waals surface area contributed by atoms with Crippen molar-refractivity contribution in [3.05, 3.63) is 29.3 Å². The number of Topliss-reactive ketones (excluding diaryl/α,β-unsaturated/α-hetero) is 1. The second-order valence-electron chi connectivity index (χ2n) is 6.25. The second-order valence-corrected chi connectivity index (χ2v) is 6.25. The molecule has 0 radical (unpaired) electrons. The lowest BCUT2D eigenvalue weighted by molar-refractivity contribution is 0.0972. The Balaban J connectivity index is 2.01. The lowest BCUT2D eigenvalue weighted by Crippen LogP contribution is -2.13. The fourth-order valence-corrected chi connectivity index (χ4v) is 2.19. The number of ketones is 1. The maximum atomic E-state index is 11.7. The van der Waals surface area contributed by atoms with Gasteiger partial charge in [0.05, 0.1) is 6.61 Å². The van der Waals surface area contributed by atoms with Crippen LogP contribution >= 0.6 is 0 Å². The summed E-state index contributed by atoms with van der Waals surface area (Å²) in [7, 11) is 0. The molecule has 0 heterocycles. The Labute approximate surface area is 109 Å². The first-order valence-electron chi connectivity index (χ1n) is 6.75. The highest BCUT2D eigenvalue weighted by atomic mass is 16.5. The highest BCUT2D eigenvalue weighted by Crippen LogP contribution is 2.26. The van der Waals surface area contributed by atoms with Crippen molar-refractivity contribution >= 4 is 5.78 Å². The quantitative estimate of drug-likeness (QED) is 0.805. The average molecular weight is 246 g/mol. The molecule has 0 amide bonds. The molecule has 0 unspecified atom stereocenters. The van der Waals surface area contributed by atoms with E-state index in [9.17, 15) is 4.79 Å². The molecule has 1 aromatic rings. The van der Waals surface area contributed by atoms with Crippen LogP contribution in [0.25, 0.3) is 0 Å². The number of hydrogen-bond donors (Lipinski definition) is 0. The minimum atomic E-state index is 0.275. The molecule has 2 heteroatoms. The summed E-state index contributed by atoms with van der Waals surface area (Å²) in [5, 5.41) is 0. The van der Waals surface area contributed by atoms with Gasteiger partial charge in [0.25, 0.3) is 0 Å². The van der Waals surface area contributed by atoms with Crippen LogP contribution in [0.2, 0.25) is 0 Å². The van der Waals surface area contributed by atoms with Crippen molar-refractivity contribution in [2.75, 3.05) is 6.61 Å². The standard InChI is InChI=1S/C16H22O2/c1-16(2,3)9-10-18-13-7-8-14-12(11-13)5-4-6-15(14)17/h7-8,11H,4-6,9-10H2,1-3H3.